The van der Waals surface area contributed by atoms with Gasteiger partial charge in [-0.1, -0.05) is 26.0 Å². The highest BCUT2D eigenvalue weighted by atomic mass is 32.2. The standard InChI is InChI=1S/C15H22N2O2S/c1-11(2)7-16-8-12-4-3-5-14(6-12)20-10-13-9-17-15(18)19-13/h3-6,11,13,16H,7-10H2,1-2H3,(H,17,18). The molecule has 0 saturated carbocycles. The van der Waals surface area contributed by atoms with Crippen LogP contribution in [0.25, 0.3) is 0 Å². The Balaban J connectivity index is 1.78. The third-order valence-corrected chi connectivity index (χ3v) is 4.09. The van der Waals surface area contributed by atoms with Gasteiger partial charge in [0.25, 0.3) is 0 Å². The van der Waals surface area contributed by atoms with Gasteiger partial charge < -0.3 is 15.4 Å². The number of rotatable bonds is 7. The molecule has 1 aliphatic heterocycles. The summed E-state index contributed by atoms with van der Waals surface area (Å²) < 4.78 is 5.12. The van der Waals surface area contributed by atoms with Crippen molar-refractivity contribution in [1.29, 1.82) is 0 Å². The second kappa shape index (κ2) is 7.55. The van der Waals surface area contributed by atoms with Crippen LogP contribution in [0.4, 0.5) is 4.79 Å². The average Bonchev–Trinajstić information content (AvgIpc) is 2.82. The summed E-state index contributed by atoms with van der Waals surface area (Å²) in [6.07, 6.45) is -0.322. The molecule has 1 fully saturated rings. The van der Waals surface area contributed by atoms with Crippen LogP contribution in [0.1, 0.15) is 19.4 Å². The number of alkyl carbamates (subject to hydrolysis) is 1. The lowest BCUT2D eigenvalue weighted by Crippen LogP contribution is -2.19. The Kier molecular flexibility index (Phi) is 5.73. The highest BCUT2D eigenvalue weighted by molar-refractivity contribution is 7.99. The van der Waals surface area contributed by atoms with Crippen molar-refractivity contribution in [1.82, 2.24) is 10.6 Å². The monoisotopic (exact) mass is 294 g/mol. The van der Waals surface area contributed by atoms with Crippen LogP contribution in [0, 0.1) is 5.92 Å². The fourth-order valence-electron chi connectivity index (χ4n) is 1.96. The number of benzene rings is 1. The molecule has 1 aromatic carbocycles. The lowest BCUT2D eigenvalue weighted by atomic mass is 10.2. The molecular formula is C15H22N2O2S. The summed E-state index contributed by atoms with van der Waals surface area (Å²) in [5.74, 6) is 1.46. The molecule has 4 nitrogen and oxygen atoms in total. The Morgan fingerprint density at radius 2 is 2.35 bits per heavy atom. The van der Waals surface area contributed by atoms with Crippen LogP contribution in [0.3, 0.4) is 0 Å². The summed E-state index contributed by atoms with van der Waals surface area (Å²) in [5.41, 5.74) is 1.29. The van der Waals surface area contributed by atoms with E-state index in [1.54, 1.807) is 11.8 Å². The van der Waals surface area contributed by atoms with Crippen LogP contribution in [-0.4, -0.2) is 31.0 Å². The zero-order valence-electron chi connectivity index (χ0n) is 12.0. The van der Waals surface area contributed by atoms with Crippen LogP contribution in [0.15, 0.2) is 29.2 Å². The van der Waals surface area contributed by atoms with Crippen molar-refractivity contribution in [2.24, 2.45) is 5.92 Å². The molecule has 1 heterocycles. The first-order valence-electron chi connectivity index (χ1n) is 7.00. The van der Waals surface area contributed by atoms with Crippen molar-refractivity contribution in [3.05, 3.63) is 29.8 Å². The summed E-state index contributed by atoms with van der Waals surface area (Å²) in [4.78, 5) is 12.2. The number of carbonyl (C=O) groups excluding carboxylic acids is 1. The molecule has 0 radical (unpaired) electrons. The number of amides is 1. The first-order chi connectivity index (χ1) is 9.63. The molecule has 110 valence electrons. The second-order valence-electron chi connectivity index (χ2n) is 5.39. The summed E-state index contributed by atoms with van der Waals surface area (Å²) >= 11 is 1.73. The SMILES string of the molecule is CC(C)CNCc1cccc(SCC2CNC(=O)O2)c1. The fourth-order valence-corrected chi connectivity index (χ4v) is 2.94. The number of hydrogen-bond acceptors (Lipinski definition) is 4. The molecule has 1 unspecified atom stereocenters. The Hall–Kier alpha value is -1.20. The zero-order chi connectivity index (χ0) is 14.4. The van der Waals surface area contributed by atoms with Crippen LogP contribution in [0.2, 0.25) is 0 Å². The van der Waals surface area contributed by atoms with E-state index < -0.39 is 0 Å². The van der Waals surface area contributed by atoms with Gasteiger partial charge in [-0.2, -0.15) is 0 Å². The van der Waals surface area contributed by atoms with Gasteiger partial charge in [-0.25, -0.2) is 4.79 Å². The van der Waals surface area contributed by atoms with Crippen molar-refractivity contribution in [2.75, 3.05) is 18.8 Å². The molecular weight excluding hydrogens is 272 g/mol. The highest BCUT2D eigenvalue weighted by Crippen LogP contribution is 2.21. The maximum absolute atomic E-state index is 10.9. The van der Waals surface area contributed by atoms with Crippen molar-refractivity contribution in [2.45, 2.75) is 31.4 Å². The lowest BCUT2D eigenvalue weighted by Gasteiger charge is -2.10. The largest absolute Gasteiger partial charge is 0.443 e. The Labute approximate surface area is 124 Å². The van der Waals surface area contributed by atoms with E-state index in [-0.39, 0.29) is 12.2 Å². The van der Waals surface area contributed by atoms with Crippen molar-refractivity contribution in [3.63, 3.8) is 0 Å². The maximum Gasteiger partial charge on any atom is 0.407 e. The molecule has 2 rings (SSSR count). The Bertz CT molecular complexity index is 451. The van der Waals surface area contributed by atoms with E-state index in [0.29, 0.717) is 12.5 Å². The van der Waals surface area contributed by atoms with Crippen molar-refractivity contribution in [3.8, 4) is 0 Å². The van der Waals surface area contributed by atoms with E-state index >= 15 is 0 Å². The van der Waals surface area contributed by atoms with Gasteiger partial charge in [-0.3, -0.25) is 0 Å². The lowest BCUT2D eigenvalue weighted by molar-refractivity contribution is 0.150. The number of hydrogen-bond donors (Lipinski definition) is 2. The van der Waals surface area contributed by atoms with Gasteiger partial charge in [0.05, 0.1) is 6.54 Å². The number of ether oxygens (including phenoxy) is 1. The smallest absolute Gasteiger partial charge is 0.407 e. The Morgan fingerprint density at radius 1 is 1.50 bits per heavy atom. The predicted molar refractivity (Wildman–Crippen MR) is 82.0 cm³/mol. The topological polar surface area (TPSA) is 50.4 Å². The molecule has 0 spiro atoms. The third kappa shape index (κ3) is 5.06. The van der Waals surface area contributed by atoms with Gasteiger partial charge in [0, 0.05) is 17.2 Å². The maximum atomic E-state index is 10.9. The minimum Gasteiger partial charge on any atom is -0.443 e. The molecule has 0 bridgehead atoms. The molecule has 20 heavy (non-hydrogen) atoms. The Morgan fingerprint density at radius 3 is 3.05 bits per heavy atom. The van der Waals surface area contributed by atoms with Gasteiger partial charge in [-0.05, 0) is 30.2 Å². The average molecular weight is 294 g/mol. The van der Waals surface area contributed by atoms with Crippen molar-refractivity contribution < 1.29 is 9.53 Å². The molecule has 1 aromatic rings. The molecule has 0 aliphatic carbocycles. The summed E-state index contributed by atoms with van der Waals surface area (Å²) in [6.45, 7) is 6.95. The molecule has 1 saturated heterocycles. The van der Waals surface area contributed by atoms with Crippen molar-refractivity contribution >= 4 is 17.9 Å². The molecule has 1 aliphatic rings. The molecule has 1 atom stereocenters. The van der Waals surface area contributed by atoms with Gasteiger partial charge >= 0.3 is 6.09 Å². The third-order valence-electron chi connectivity index (χ3n) is 2.96. The summed E-state index contributed by atoms with van der Waals surface area (Å²) in [6, 6.07) is 8.51. The van der Waals surface area contributed by atoms with E-state index in [1.165, 1.54) is 10.5 Å². The van der Waals surface area contributed by atoms with Gasteiger partial charge in [0.15, 0.2) is 0 Å². The van der Waals surface area contributed by atoms with Gasteiger partial charge in [-0.15, -0.1) is 11.8 Å². The van der Waals surface area contributed by atoms with Crippen LogP contribution in [-0.2, 0) is 11.3 Å². The zero-order valence-corrected chi connectivity index (χ0v) is 12.8. The molecule has 5 heteroatoms. The minimum absolute atomic E-state index is 0.0183. The minimum atomic E-state index is -0.303. The quantitative estimate of drug-likeness (QED) is 0.759. The van der Waals surface area contributed by atoms with E-state index in [1.807, 2.05) is 0 Å². The second-order valence-corrected chi connectivity index (χ2v) is 6.48. The number of cyclic esters (lactones) is 1. The van der Waals surface area contributed by atoms with Gasteiger partial charge in [0.1, 0.15) is 6.10 Å². The number of carbonyl (C=O) groups is 1. The van der Waals surface area contributed by atoms with Crippen LogP contribution < -0.4 is 10.6 Å². The van der Waals surface area contributed by atoms with Crippen LogP contribution >= 0.6 is 11.8 Å². The molecule has 2 N–H and O–H groups in total. The highest BCUT2D eigenvalue weighted by Gasteiger charge is 2.22. The van der Waals surface area contributed by atoms with Crippen LogP contribution in [0.5, 0.6) is 0 Å². The summed E-state index contributed by atoms with van der Waals surface area (Å²) in [7, 11) is 0. The number of nitrogens with one attached hydrogen (secondary N) is 2. The normalized spacial score (nSPS) is 18.1. The first kappa shape index (κ1) is 15.2. The fraction of sp³-hybridized carbons (Fsp3) is 0.533. The first-order valence-corrected chi connectivity index (χ1v) is 7.99. The number of thioether (sulfide) groups is 1. The van der Waals surface area contributed by atoms with Gasteiger partial charge in [0.2, 0.25) is 0 Å². The predicted octanol–water partition coefficient (Wildman–Crippen LogP) is 2.63. The van der Waals surface area contributed by atoms with E-state index in [9.17, 15) is 4.79 Å². The molecule has 1 amide bonds. The van der Waals surface area contributed by atoms with E-state index in [2.05, 4.69) is 48.7 Å². The van der Waals surface area contributed by atoms with E-state index in [0.717, 1.165) is 18.8 Å². The molecule has 0 aromatic heterocycles. The summed E-state index contributed by atoms with van der Waals surface area (Å²) in [5, 5.41) is 6.11. The van der Waals surface area contributed by atoms with E-state index in [4.69, 9.17) is 4.74 Å².